The van der Waals surface area contributed by atoms with Crippen molar-refractivity contribution in [3.05, 3.63) is 33.8 Å². The molecule has 0 heterocycles. The summed E-state index contributed by atoms with van der Waals surface area (Å²) in [6.07, 6.45) is 3.79. The van der Waals surface area contributed by atoms with Crippen LogP contribution in [-0.2, 0) is 11.2 Å². The van der Waals surface area contributed by atoms with E-state index < -0.39 is 11.4 Å². The molecule has 2 nitrogen and oxygen atoms in total. The molecule has 1 aliphatic carbocycles. The Bertz CT molecular complexity index is 417. The van der Waals surface area contributed by atoms with Crippen molar-refractivity contribution in [2.75, 3.05) is 0 Å². The van der Waals surface area contributed by atoms with Gasteiger partial charge in [-0.05, 0) is 37.0 Å². The second-order valence-electron chi connectivity index (χ2n) is 4.67. The summed E-state index contributed by atoms with van der Waals surface area (Å²) in [4.78, 5) is 11.5. The molecule has 92 valence electrons. The van der Waals surface area contributed by atoms with Gasteiger partial charge in [0.15, 0.2) is 0 Å². The van der Waals surface area contributed by atoms with Gasteiger partial charge in [-0.2, -0.15) is 0 Å². The quantitative estimate of drug-likeness (QED) is 0.896. The Morgan fingerprint density at radius 2 is 1.76 bits per heavy atom. The molecule has 0 aromatic heterocycles. The number of halogens is 2. The smallest absolute Gasteiger partial charge is 0.309 e. The van der Waals surface area contributed by atoms with Crippen molar-refractivity contribution in [2.24, 2.45) is 5.41 Å². The number of aliphatic carboxylic acids is 1. The van der Waals surface area contributed by atoms with E-state index in [1.807, 2.05) is 0 Å². The zero-order valence-corrected chi connectivity index (χ0v) is 10.9. The van der Waals surface area contributed by atoms with Crippen LogP contribution < -0.4 is 0 Å². The molecule has 4 heteroatoms. The molecule has 1 fully saturated rings. The predicted molar refractivity (Wildman–Crippen MR) is 68.7 cm³/mol. The first kappa shape index (κ1) is 12.7. The number of carbonyl (C=O) groups is 1. The fourth-order valence-corrected chi connectivity index (χ4v) is 3.09. The first-order valence-corrected chi connectivity index (χ1v) is 6.47. The predicted octanol–water partition coefficient (Wildman–Crippen LogP) is 4.18. The van der Waals surface area contributed by atoms with Crippen molar-refractivity contribution in [3.63, 3.8) is 0 Å². The van der Waals surface area contributed by atoms with E-state index in [2.05, 4.69) is 0 Å². The number of rotatable bonds is 3. The van der Waals surface area contributed by atoms with E-state index in [1.54, 1.807) is 18.2 Å². The Labute approximate surface area is 111 Å². The van der Waals surface area contributed by atoms with Crippen LogP contribution in [0.4, 0.5) is 0 Å². The molecule has 2 rings (SSSR count). The summed E-state index contributed by atoms with van der Waals surface area (Å²) >= 11 is 12.2. The van der Waals surface area contributed by atoms with E-state index in [-0.39, 0.29) is 0 Å². The highest BCUT2D eigenvalue weighted by atomic mass is 35.5. The summed E-state index contributed by atoms with van der Waals surface area (Å²) in [5.74, 6) is -0.731. The monoisotopic (exact) mass is 272 g/mol. The van der Waals surface area contributed by atoms with Gasteiger partial charge in [0.1, 0.15) is 0 Å². The number of carboxylic acid groups (broad SMARTS) is 1. The Kier molecular flexibility index (Phi) is 3.64. The molecular formula is C13H14Cl2O2. The highest BCUT2D eigenvalue weighted by Crippen LogP contribution is 2.43. The van der Waals surface area contributed by atoms with Gasteiger partial charge in [-0.15, -0.1) is 0 Å². The lowest BCUT2D eigenvalue weighted by Crippen LogP contribution is -2.30. The lowest BCUT2D eigenvalue weighted by Gasteiger charge is -2.24. The molecule has 1 aromatic carbocycles. The van der Waals surface area contributed by atoms with Gasteiger partial charge in [-0.3, -0.25) is 4.79 Å². The molecule has 0 atom stereocenters. The second kappa shape index (κ2) is 4.87. The van der Waals surface area contributed by atoms with Gasteiger partial charge in [0.25, 0.3) is 0 Å². The van der Waals surface area contributed by atoms with Crippen molar-refractivity contribution in [1.29, 1.82) is 0 Å². The van der Waals surface area contributed by atoms with Crippen molar-refractivity contribution in [2.45, 2.75) is 32.1 Å². The molecule has 0 spiro atoms. The maximum Gasteiger partial charge on any atom is 0.309 e. The van der Waals surface area contributed by atoms with Crippen LogP contribution in [0.15, 0.2) is 18.2 Å². The van der Waals surface area contributed by atoms with Crippen molar-refractivity contribution < 1.29 is 9.90 Å². The molecule has 0 amide bonds. The molecule has 1 aromatic rings. The summed E-state index contributed by atoms with van der Waals surface area (Å²) in [6.45, 7) is 0. The van der Waals surface area contributed by atoms with E-state index >= 15 is 0 Å². The van der Waals surface area contributed by atoms with Crippen LogP contribution in [0.25, 0.3) is 0 Å². The molecule has 0 aliphatic heterocycles. The standard InChI is InChI=1S/C13H14Cl2O2/c14-10-4-3-5-11(15)9(10)8-13(12(16)17)6-1-2-7-13/h3-5H,1-2,6-8H2,(H,16,17). The Balaban J connectivity index is 2.33. The first-order chi connectivity index (χ1) is 8.05. The Hall–Kier alpha value is -0.730. The van der Waals surface area contributed by atoms with Gasteiger partial charge < -0.3 is 5.11 Å². The van der Waals surface area contributed by atoms with Crippen LogP contribution in [0.1, 0.15) is 31.2 Å². The maximum atomic E-state index is 11.5. The van der Waals surface area contributed by atoms with Crippen LogP contribution in [0.2, 0.25) is 10.0 Å². The third-order valence-corrected chi connectivity index (χ3v) is 4.30. The summed E-state index contributed by atoms with van der Waals surface area (Å²) in [6, 6.07) is 5.29. The number of hydrogen-bond donors (Lipinski definition) is 1. The fourth-order valence-electron chi connectivity index (χ4n) is 2.56. The van der Waals surface area contributed by atoms with Crippen LogP contribution in [0, 0.1) is 5.41 Å². The molecule has 1 aliphatic rings. The van der Waals surface area contributed by atoms with E-state index in [0.29, 0.717) is 29.3 Å². The van der Waals surface area contributed by atoms with E-state index in [1.165, 1.54) is 0 Å². The van der Waals surface area contributed by atoms with Crippen LogP contribution >= 0.6 is 23.2 Å². The van der Waals surface area contributed by atoms with Gasteiger partial charge in [-0.1, -0.05) is 42.1 Å². The average molecular weight is 273 g/mol. The molecular weight excluding hydrogens is 259 g/mol. The molecule has 0 radical (unpaired) electrons. The lowest BCUT2D eigenvalue weighted by atomic mass is 9.80. The molecule has 1 saturated carbocycles. The summed E-state index contributed by atoms with van der Waals surface area (Å²) < 4.78 is 0. The Morgan fingerprint density at radius 3 is 2.24 bits per heavy atom. The second-order valence-corrected chi connectivity index (χ2v) is 5.48. The van der Waals surface area contributed by atoms with Gasteiger partial charge in [0.2, 0.25) is 0 Å². The van der Waals surface area contributed by atoms with Crippen molar-refractivity contribution in [3.8, 4) is 0 Å². The summed E-state index contributed by atoms with van der Waals surface area (Å²) in [7, 11) is 0. The SMILES string of the molecule is O=C(O)C1(Cc2c(Cl)cccc2Cl)CCCC1. The summed E-state index contributed by atoms with van der Waals surface area (Å²) in [5.41, 5.74) is 0.0920. The van der Waals surface area contributed by atoms with Crippen LogP contribution in [0.3, 0.4) is 0 Å². The normalized spacial score (nSPS) is 18.2. The van der Waals surface area contributed by atoms with Crippen LogP contribution in [-0.4, -0.2) is 11.1 Å². The minimum absolute atomic E-state index is 0.431. The number of benzene rings is 1. The lowest BCUT2D eigenvalue weighted by molar-refractivity contribution is -0.148. The highest BCUT2D eigenvalue weighted by Gasteiger charge is 2.41. The minimum atomic E-state index is -0.731. The van der Waals surface area contributed by atoms with Gasteiger partial charge >= 0.3 is 5.97 Å². The van der Waals surface area contributed by atoms with E-state index in [4.69, 9.17) is 23.2 Å². The molecule has 0 saturated heterocycles. The number of hydrogen-bond acceptors (Lipinski definition) is 1. The Morgan fingerprint density at radius 1 is 1.24 bits per heavy atom. The molecule has 0 bridgehead atoms. The minimum Gasteiger partial charge on any atom is -0.481 e. The number of carboxylic acids is 1. The molecule has 17 heavy (non-hydrogen) atoms. The van der Waals surface area contributed by atoms with Crippen LogP contribution in [0.5, 0.6) is 0 Å². The zero-order chi connectivity index (χ0) is 12.5. The molecule has 0 unspecified atom stereocenters. The fraction of sp³-hybridized carbons (Fsp3) is 0.462. The third-order valence-electron chi connectivity index (χ3n) is 3.59. The average Bonchev–Trinajstić information content (AvgIpc) is 2.73. The van der Waals surface area contributed by atoms with Crippen molar-refractivity contribution >= 4 is 29.2 Å². The zero-order valence-electron chi connectivity index (χ0n) is 9.38. The molecule has 1 N–H and O–H groups in total. The summed E-state index contributed by atoms with van der Waals surface area (Å²) in [5, 5.41) is 10.5. The van der Waals surface area contributed by atoms with Gasteiger partial charge in [0, 0.05) is 10.0 Å². The van der Waals surface area contributed by atoms with Crippen molar-refractivity contribution in [1.82, 2.24) is 0 Å². The topological polar surface area (TPSA) is 37.3 Å². The van der Waals surface area contributed by atoms with E-state index in [0.717, 1.165) is 18.4 Å². The maximum absolute atomic E-state index is 11.5. The van der Waals surface area contributed by atoms with Gasteiger partial charge in [-0.25, -0.2) is 0 Å². The highest BCUT2D eigenvalue weighted by molar-refractivity contribution is 6.36. The first-order valence-electron chi connectivity index (χ1n) is 5.71. The van der Waals surface area contributed by atoms with E-state index in [9.17, 15) is 9.90 Å². The largest absolute Gasteiger partial charge is 0.481 e. The van der Waals surface area contributed by atoms with Gasteiger partial charge in [0.05, 0.1) is 5.41 Å². The third kappa shape index (κ3) is 2.43.